The Morgan fingerprint density at radius 1 is 1.09 bits per heavy atom. The first-order valence-electron chi connectivity index (χ1n) is 11.8. The van der Waals surface area contributed by atoms with Crippen LogP contribution in [-0.2, 0) is 16.1 Å². The summed E-state index contributed by atoms with van der Waals surface area (Å²) in [7, 11) is 0. The molecule has 4 rings (SSSR count). The number of thiazole rings is 1. The summed E-state index contributed by atoms with van der Waals surface area (Å²) in [6.45, 7) is 6.03. The SMILES string of the molecule is CCCCOc1ccc(CNC(=O)CCC(=O)N2CCN(c3nc4cccnc4s3)CC2)cc1. The molecule has 0 radical (unpaired) electrons. The van der Waals surface area contributed by atoms with E-state index in [-0.39, 0.29) is 24.7 Å². The molecule has 0 saturated carbocycles. The van der Waals surface area contributed by atoms with Crippen LogP contribution in [0, 0.1) is 0 Å². The molecule has 1 saturated heterocycles. The van der Waals surface area contributed by atoms with Gasteiger partial charge in [-0.15, -0.1) is 0 Å². The molecule has 2 aromatic heterocycles. The van der Waals surface area contributed by atoms with Gasteiger partial charge in [-0.3, -0.25) is 9.59 Å². The Morgan fingerprint density at radius 2 is 1.88 bits per heavy atom. The Bertz CT molecular complexity index is 1060. The van der Waals surface area contributed by atoms with Crippen LogP contribution in [0.1, 0.15) is 38.2 Å². The third-order valence-corrected chi connectivity index (χ3v) is 6.84. The van der Waals surface area contributed by atoms with Crippen LogP contribution in [0.25, 0.3) is 10.3 Å². The number of pyridine rings is 1. The van der Waals surface area contributed by atoms with Crippen LogP contribution in [0.3, 0.4) is 0 Å². The minimum absolute atomic E-state index is 0.0225. The van der Waals surface area contributed by atoms with Crippen molar-refractivity contribution in [1.82, 2.24) is 20.2 Å². The summed E-state index contributed by atoms with van der Waals surface area (Å²) >= 11 is 1.58. The van der Waals surface area contributed by atoms with E-state index in [1.54, 1.807) is 17.5 Å². The van der Waals surface area contributed by atoms with Gasteiger partial charge in [0, 0.05) is 51.8 Å². The van der Waals surface area contributed by atoms with Gasteiger partial charge < -0.3 is 19.9 Å². The molecule has 1 N–H and O–H groups in total. The van der Waals surface area contributed by atoms with E-state index in [9.17, 15) is 9.59 Å². The van der Waals surface area contributed by atoms with Crippen molar-refractivity contribution in [2.75, 3.05) is 37.7 Å². The number of piperazine rings is 1. The molecule has 1 aliphatic heterocycles. The Balaban J connectivity index is 1.15. The van der Waals surface area contributed by atoms with Crippen LogP contribution in [0.4, 0.5) is 5.13 Å². The van der Waals surface area contributed by atoms with Crippen LogP contribution in [0.2, 0.25) is 0 Å². The molecule has 34 heavy (non-hydrogen) atoms. The van der Waals surface area contributed by atoms with E-state index in [0.717, 1.165) is 59.3 Å². The van der Waals surface area contributed by atoms with Gasteiger partial charge >= 0.3 is 0 Å². The summed E-state index contributed by atoms with van der Waals surface area (Å²) in [6.07, 6.45) is 4.33. The number of fused-ring (bicyclic) bond motifs is 1. The first-order chi connectivity index (χ1) is 16.6. The van der Waals surface area contributed by atoms with Gasteiger partial charge in [0.2, 0.25) is 11.8 Å². The van der Waals surface area contributed by atoms with Crippen molar-refractivity contribution >= 4 is 38.6 Å². The topological polar surface area (TPSA) is 87.7 Å². The second kappa shape index (κ2) is 11.8. The van der Waals surface area contributed by atoms with Crippen LogP contribution >= 0.6 is 11.3 Å². The summed E-state index contributed by atoms with van der Waals surface area (Å²) in [5.74, 6) is 0.751. The molecule has 1 fully saturated rings. The van der Waals surface area contributed by atoms with E-state index in [4.69, 9.17) is 4.74 Å². The van der Waals surface area contributed by atoms with Gasteiger partial charge in [-0.1, -0.05) is 36.8 Å². The molecular weight excluding hydrogens is 450 g/mol. The average Bonchev–Trinajstić information content (AvgIpc) is 3.31. The van der Waals surface area contributed by atoms with Crippen molar-refractivity contribution in [1.29, 1.82) is 0 Å². The van der Waals surface area contributed by atoms with Gasteiger partial charge in [0.1, 0.15) is 16.1 Å². The Morgan fingerprint density at radius 3 is 2.62 bits per heavy atom. The number of ether oxygens (including phenoxy) is 1. The predicted octanol–water partition coefficient (Wildman–Crippen LogP) is 3.62. The molecule has 1 aliphatic rings. The average molecular weight is 482 g/mol. The maximum absolute atomic E-state index is 12.6. The second-order valence-corrected chi connectivity index (χ2v) is 9.27. The van der Waals surface area contributed by atoms with E-state index in [2.05, 4.69) is 27.1 Å². The number of rotatable bonds is 10. The number of benzene rings is 1. The highest BCUT2D eigenvalue weighted by atomic mass is 32.1. The number of unbranched alkanes of at least 4 members (excludes halogenated alkanes) is 1. The Kier molecular flexibility index (Phi) is 8.30. The first kappa shape index (κ1) is 23.9. The monoisotopic (exact) mass is 481 g/mol. The molecule has 8 nitrogen and oxygen atoms in total. The van der Waals surface area contributed by atoms with Crippen molar-refractivity contribution in [3.8, 4) is 5.75 Å². The molecule has 0 spiro atoms. The normalized spacial score (nSPS) is 13.8. The highest BCUT2D eigenvalue weighted by Crippen LogP contribution is 2.27. The number of carbonyl (C=O) groups excluding carboxylic acids is 2. The highest BCUT2D eigenvalue weighted by molar-refractivity contribution is 7.21. The maximum Gasteiger partial charge on any atom is 0.223 e. The number of hydrogen-bond acceptors (Lipinski definition) is 7. The van der Waals surface area contributed by atoms with Gasteiger partial charge in [0.25, 0.3) is 0 Å². The number of amides is 2. The molecule has 3 aromatic rings. The summed E-state index contributed by atoms with van der Waals surface area (Å²) in [5, 5.41) is 3.84. The lowest BCUT2D eigenvalue weighted by molar-refractivity contribution is -0.133. The fourth-order valence-electron chi connectivity index (χ4n) is 3.75. The number of nitrogens with one attached hydrogen (secondary N) is 1. The van der Waals surface area contributed by atoms with Gasteiger partial charge in [-0.2, -0.15) is 0 Å². The van der Waals surface area contributed by atoms with Crippen molar-refractivity contribution < 1.29 is 14.3 Å². The van der Waals surface area contributed by atoms with E-state index in [1.165, 1.54) is 0 Å². The third kappa shape index (κ3) is 6.44. The highest BCUT2D eigenvalue weighted by Gasteiger charge is 2.23. The van der Waals surface area contributed by atoms with E-state index in [1.807, 2.05) is 41.3 Å². The Labute approximate surface area is 203 Å². The summed E-state index contributed by atoms with van der Waals surface area (Å²) in [5.41, 5.74) is 1.91. The van der Waals surface area contributed by atoms with Gasteiger partial charge in [0.15, 0.2) is 5.13 Å². The molecule has 0 unspecified atom stereocenters. The summed E-state index contributed by atoms with van der Waals surface area (Å²) < 4.78 is 5.66. The number of hydrogen-bond donors (Lipinski definition) is 1. The lowest BCUT2D eigenvalue weighted by Gasteiger charge is -2.34. The lowest BCUT2D eigenvalue weighted by Crippen LogP contribution is -2.48. The molecule has 9 heteroatoms. The van der Waals surface area contributed by atoms with Crippen LogP contribution in [-0.4, -0.2) is 59.5 Å². The minimum Gasteiger partial charge on any atom is -0.494 e. The quantitative estimate of drug-likeness (QED) is 0.445. The number of nitrogens with zero attached hydrogens (tertiary/aromatic N) is 4. The zero-order valence-electron chi connectivity index (χ0n) is 19.5. The molecule has 3 heterocycles. The molecular formula is C25H31N5O3S. The zero-order chi connectivity index (χ0) is 23.8. The third-order valence-electron chi connectivity index (χ3n) is 5.80. The number of carbonyl (C=O) groups is 2. The van der Waals surface area contributed by atoms with Crippen LogP contribution in [0.15, 0.2) is 42.6 Å². The molecule has 180 valence electrons. The molecule has 0 atom stereocenters. The van der Waals surface area contributed by atoms with Crippen LogP contribution < -0.4 is 15.0 Å². The van der Waals surface area contributed by atoms with E-state index < -0.39 is 0 Å². The second-order valence-electron chi connectivity index (χ2n) is 8.31. The van der Waals surface area contributed by atoms with Gasteiger partial charge in [0.05, 0.1) is 6.61 Å². The first-order valence-corrected chi connectivity index (χ1v) is 12.7. The zero-order valence-corrected chi connectivity index (χ0v) is 20.4. The van der Waals surface area contributed by atoms with Crippen molar-refractivity contribution in [2.45, 2.75) is 39.2 Å². The largest absolute Gasteiger partial charge is 0.494 e. The van der Waals surface area contributed by atoms with Crippen LogP contribution in [0.5, 0.6) is 5.75 Å². The summed E-state index contributed by atoms with van der Waals surface area (Å²) in [6, 6.07) is 11.6. The molecule has 2 amide bonds. The van der Waals surface area contributed by atoms with Crippen molar-refractivity contribution in [2.24, 2.45) is 0 Å². The molecule has 1 aromatic carbocycles. The smallest absolute Gasteiger partial charge is 0.223 e. The number of aromatic nitrogens is 2. The molecule has 0 bridgehead atoms. The van der Waals surface area contributed by atoms with Crippen molar-refractivity contribution in [3.05, 3.63) is 48.2 Å². The fourth-order valence-corrected chi connectivity index (χ4v) is 4.71. The summed E-state index contributed by atoms with van der Waals surface area (Å²) in [4.78, 5) is 38.8. The standard InChI is InChI=1S/C25H31N5O3S/c1-2-3-17-33-20-8-6-19(7-9-20)18-27-22(31)10-11-23(32)29-13-15-30(16-14-29)25-28-21-5-4-12-26-24(21)34-25/h4-9,12H,2-3,10-11,13-18H2,1H3,(H,27,31). The molecule has 0 aliphatic carbocycles. The predicted molar refractivity (Wildman–Crippen MR) is 134 cm³/mol. The van der Waals surface area contributed by atoms with Crippen molar-refractivity contribution in [3.63, 3.8) is 0 Å². The minimum atomic E-state index is -0.114. The van der Waals surface area contributed by atoms with Gasteiger partial charge in [-0.25, -0.2) is 9.97 Å². The lowest BCUT2D eigenvalue weighted by atomic mass is 10.2. The van der Waals surface area contributed by atoms with Gasteiger partial charge in [-0.05, 0) is 36.2 Å². The maximum atomic E-state index is 12.6. The number of anilines is 1. The Hall–Kier alpha value is -3.20. The van der Waals surface area contributed by atoms with E-state index in [0.29, 0.717) is 19.6 Å². The van der Waals surface area contributed by atoms with E-state index >= 15 is 0 Å². The fraction of sp³-hybridized carbons (Fsp3) is 0.440.